The van der Waals surface area contributed by atoms with Gasteiger partial charge in [-0.2, -0.15) is 0 Å². The van der Waals surface area contributed by atoms with Crippen molar-refractivity contribution in [2.24, 2.45) is 5.92 Å². The summed E-state index contributed by atoms with van der Waals surface area (Å²) < 4.78 is 7.07. The molecule has 0 bridgehead atoms. The Kier molecular flexibility index (Phi) is 3.76. The van der Waals surface area contributed by atoms with Crippen molar-refractivity contribution in [2.45, 2.75) is 32.9 Å². The molecule has 1 aliphatic rings. The molecule has 1 aliphatic heterocycles. The summed E-state index contributed by atoms with van der Waals surface area (Å²) in [7, 11) is 1.63. The molecule has 0 spiro atoms. The van der Waals surface area contributed by atoms with E-state index in [4.69, 9.17) is 4.74 Å². The number of imidazole rings is 1. The van der Waals surface area contributed by atoms with Crippen molar-refractivity contribution in [2.75, 3.05) is 20.2 Å². The van der Waals surface area contributed by atoms with Crippen LogP contribution in [0.2, 0.25) is 0 Å². The number of benzene rings is 1. The SMILES string of the molecule is COc1ccc2c(c1)[nH]c(=O)n2CC1CCN(C(C)C)C1. The van der Waals surface area contributed by atoms with E-state index in [1.165, 1.54) is 0 Å². The maximum atomic E-state index is 12.2. The second kappa shape index (κ2) is 5.56. The molecule has 5 nitrogen and oxygen atoms in total. The molecule has 1 fully saturated rings. The van der Waals surface area contributed by atoms with E-state index in [9.17, 15) is 4.79 Å². The molecule has 0 aliphatic carbocycles. The zero-order valence-electron chi connectivity index (χ0n) is 12.9. The Morgan fingerprint density at radius 3 is 2.90 bits per heavy atom. The minimum Gasteiger partial charge on any atom is -0.497 e. The van der Waals surface area contributed by atoms with Crippen molar-refractivity contribution in [3.05, 3.63) is 28.7 Å². The van der Waals surface area contributed by atoms with Gasteiger partial charge in [0.25, 0.3) is 0 Å². The summed E-state index contributed by atoms with van der Waals surface area (Å²) >= 11 is 0. The standard InChI is InChI=1S/C16H23N3O2/c1-11(2)18-7-6-12(9-18)10-19-15-5-4-13(21-3)8-14(15)17-16(19)20/h4-5,8,11-12H,6-7,9-10H2,1-3H3,(H,17,20). The Morgan fingerprint density at radius 2 is 2.24 bits per heavy atom. The van der Waals surface area contributed by atoms with E-state index in [0.29, 0.717) is 12.0 Å². The van der Waals surface area contributed by atoms with Gasteiger partial charge < -0.3 is 14.6 Å². The van der Waals surface area contributed by atoms with E-state index >= 15 is 0 Å². The largest absolute Gasteiger partial charge is 0.497 e. The molecule has 1 aromatic carbocycles. The first-order valence-corrected chi connectivity index (χ1v) is 7.59. The fraction of sp³-hybridized carbons (Fsp3) is 0.562. The number of methoxy groups -OCH3 is 1. The number of likely N-dealkylation sites (tertiary alicyclic amines) is 1. The Hall–Kier alpha value is -1.75. The predicted octanol–water partition coefficient (Wildman–Crippen LogP) is 2.07. The Bertz CT molecular complexity index is 686. The van der Waals surface area contributed by atoms with Crippen LogP contribution in [0.15, 0.2) is 23.0 Å². The molecule has 1 N–H and O–H groups in total. The van der Waals surface area contributed by atoms with Gasteiger partial charge in [0.05, 0.1) is 18.1 Å². The molecule has 5 heteroatoms. The van der Waals surface area contributed by atoms with Gasteiger partial charge in [-0.1, -0.05) is 0 Å². The molecule has 21 heavy (non-hydrogen) atoms. The number of aromatic nitrogens is 2. The molecule has 0 radical (unpaired) electrons. The average molecular weight is 289 g/mol. The van der Waals surface area contributed by atoms with Crippen molar-refractivity contribution in [1.29, 1.82) is 0 Å². The number of hydrogen-bond acceptors (Lipinski definition) is 3. The molecule has 0 amide bonds. The third-order valence-corrected chi connectivity index (χ3v) is 4.47. The number of nitrogens with one attached hydrogen (secondary N) is 1. The highest BCUT2D eigenvalue weighted by molar-refractivity contribution is 5.76. The van der Waals surface area contributed by atoms with Crippen LogP contribution in [0.4, 0.5) is 0 Å². The Morgan fingerprint density at radius 1 is 1.43 bits per heavy atom. The van der Waals surface area contributed by atoms with E-state index in [1.807, 2.05) is 22.8 Å². The first kappa shape index (κ1) is 14.2. The summed E-state index contributed by atoms with van der Waals surface area (Å²) in [5.74, 6) is 1.31. The quantitative estimate of drug-likeness (QED) is 0.937. The molecule has 1 unspecified atom stereocenters. The summed E-state index contributed by atoms with van der Waals surface area (Å²) in [6, 6.07) is 6.32. The van der Waals surface area contributed by atoms with Crippen molar-refractivity contribution >= 4 is 11.0 Å². The summed E-state index contributed by atoms with van der Waals surface area (Å²) in [4.78, 5) is 17.6. The fourth-order valence-electron chi connectivity index (χ4n) is 3.19. The lowest BCUT2D eigenvalue weighted by molar-refractivity contribution is 0.261. The maximum Gasteiger partial charge on any atom is 0.326 e. The second-order valence-electron chi connectivity index (χ2n) is 6.17. The minimum absolute atomic E-state index is 0.0266. The second-order valence-corrected chi connectivity index (χ2v) is 6.17. The summed E-state index contributed by atoms with van der Waals surface area (Å²) in [6.45, 7) is 7.45. The monoisotopic (exact) mass is 289 g/mol. The molecule has 114 valence electrons. The van der Waals surface area contributed by atoms with Crippen LogP contribution in [-0.4, -0.2) is 40.7 Å². The smallest absolute Gasteiger partial charge is 0.326 e. The molecule has 2 aromatic rings. The topological polar surface area (TPSA) is 50.3 Å². The zero-order chi connectivity index (χ0) is 15.0. The van der Waals surface area contributed by atoms with Gasteiger partial charge >= 0.3 is 5.69 Å². The number of hydrogen-bond donors (Lipinski definition) is 1. The highest BCUT2D eigenvalue weighted by Gasteiger charge is 2.25. The van der Waals surface area contributed by atoms with Gasteiger partial charge in [-0.25, -0.2) is 4.79 Å². The van der Waals surface area contributed by atoms with Crippen molar-refractivity contribution in [1.82, 2.24) is 14.5 Å². The van der Waals surface area contributed by atoms with Crippen LogP contribution in [0.3, 0.4) is 0 Å². The normalized spacial score (nSPS) is 19.7. The number of rotatable bonds is 4. The highest BCUT2D eigenvalue weighted by atomic mass is 16.5. The molecular formula is C16H23N3O2. The third kappa shape index (κ3) is 2.70. The van der Waals surface area contributed by atoms with Crippen LogP contribution < -0.4 is 10.4 Å². The van der Waals surface area contributed by atoms with Crippen molar-refractivity contribution in [3.8, 4) is 5.75 Å². The van der Waals surface area contributed by atoms with Crippen LogP contribution >= 0.6 is 0 Å². The molecular weight excluding hydrogens is 266 g/mol. The number of fused-ring (bicyclic) bond motifs is 1. The molecule has 1 atom stereocenters. The first-order valence-electron chi connectivity index (χ1n) is 7.59. The van der Waals surface area contributed by atoms with Crippen molar-refractivity contribution < 1.29 is 4.74 Å². The van der Waals surface area contributed by atoms with Crippen LogP contribution in [0.5, 0.6) is 5.75 Å². The lowest BCUT2D eigenvalue weighted by atomic mass is 10.1. The van der Waals surface area contributed by atoms with Crippen molar-refractivity contribution in [3.63, 3.8) is 0 Å². The number of ether oxygens (including phenoxy) is 1. The molecule has 2 heterocycles. The van der Waals surface area contributed by atoms with E-state index in [2.05, 4.69) is 23.7 Å². The van der Waals surface area contributed by atoms with Gasteiger partial charge in [0, 0.05) is 25.2 Å². The Balaban J connectivity index is 1.84. The number of aromatic amines is 1. The van der Waals surface area contributed by atoms with Crippen LogP contribution in [0.1, 0.15) is 20.3 Å². The van der Waals surface area contributed by atoms with Crippen LogP contribution in [0, 0.1) is 5.92 Å². The van der Waals surface area contributed by atoms with Gasteiger partial charge in [0.2, 0.25) is 0 Å². The van der Waals surface area contributed by atoms with E-state index in [-0.39, 0.29) is 5.69 Å². The maximum absolute atomic E-state index is 12.2. The first-order chi connectivity index (χ1) is 10.1. The predicted molar refractivity (Wildman–Crippen MR) is 83.9 cm³/mol. The molecule has 1 aromatic heterocycles. The highest BCUT2D eigenvalue weighted by Crippen LogP contribution is 2.23. The average Bonchev–Trinajstić information content (AvgIpc) is 3.04. The summed E-state index contributed by atoms with van der Waals surface area (Å²) in [5.41, 5.74) is 1.78. The van der Waals surface area contributed by atoms with Gasteiger partial charge in [0.1, 0.15) is 5.75 Å². The molecule has 1 saturated heterocycles. The van der Waals surface area contributed by atoms with Gasteiger partial charge in [-0.3, -0.25) is 4.57 Å². The lowest BCUT2D eigenvalue weighted by Crippen LogP contribution is -2.29. The Labute approximate surface area is 124 Å². The molecule has 0 saturated carbocycles. The minimum atomic E-state index is -0.0266. The van der Waals surface area contributed by atoms with E-state index < -0.39 is 0 Å². The van der Waals surface area contributed by atoms with Gasteiger partial charge in [-0.15, -0.1) is 0 Å². The number of nitrogens with zero attached hydrogens (tertiary/aromatic N) is 2. The summed E-state index contributed by atoms with van der Waals surface area (Å²) in [6.07, 6.45) is 1.16. The fourth-order valence-corrected chi connectivity index (χ4v) is 3.19. The van der Waals surface area contributed by atoms with Gasteiger partial charge in [-0.05, 0) is 44.9 Å². The van der Waals surface area contributed by atoms with E-state index in [1.54, 1.807) is 7.11 Å². The zero-order valence-corrected chi connectivity index (χ0v) is 12.9. The number of H-pyrrole nitrogens is 1. The third-order valence-electron chi connectivity index (χ3n) is 4.47. The summed E-state index contributed by atoms with van der Waals surface area (Å²) in [5, 5.41) is 0. The van der Waals surface area contributed by atoms with Gasteiger partial charge in [0.15, 0.2) is 0 Å². The van der Waals surface area contributed by atoms with Crippen LogP contribution in [-0.2, 0) is 6.54 Å². The lowest BCUT2D eigenvalue weighted by Gasteiger charge is -2.20. The van der Waals surface area contributed by atoms with Crippen LogP contribution in [0.25, 0.3) is 11.0 Å². The van der Waals surface area contributed by atoms with E-state index in [0.717, 1.165) is 42.8 Å². The molecule has 3 rings (SSSR count).